The van der Waals surface area contributed by atoms with Crippen LogP contribution in [0.25, 0.3) is 0 Å². The van der Waals surface area contributed by atoms with Crippen molar-refractivity contribution in [2.24, 2.45) is 11.8 Å². The highest BCUT2D eigenvalue weighted by molar-refractivity contribution is 5.71. The number of hydrogen-bond acceptors (Lipinski definition) is 6. The molecule has 0 aromatic carbocycles. The second-order valence-corrected chi connectivity index (χ2v) is 21.6. The second-order valence-electron chi connectivity index (χ2n) is 21.6. The first-order chi connectivity index (χ1) is 32.2. The van der Waals surface area contributed by atoms with Gasteiger partial charge in [-0.05, 0) is 31.1 Å². The van der Waals surface area contributed by atoms with Crippen LogP contribution < -0.4 is 0 Å². The quantitative estimate of drug-likeness (QED) is 0.0343. The van der Waals surface area contributed by atoms with Crippen molar-refractivity contribution in [1.82, 2.24) is 0 Å². The van der Waals surface area contributed by atoms with Gasteiger partial charge in [0.15, 0.2) is 6.10 Å². The van der Waals surface area contributed by atoms with Crippen LogP contribution in [0, 0.1) is 11.8 Å². The van der Waals surface area contributed by atoms with E-state index >= 15 is 0 Å². The van der Waals surface area contributed by atoms with Crippen molar-refractivity contribution in [2.75, 3.05) is 13.2 Å². The molecule has 6 nitrogen and oxygen atoms in total. The molecule has 0 radical (unpaired) electrons. The predicted octanol–water partition coefficient (Wildman–Crippen LogP) is 19.7. The zero-order chi connectivity index (χ0) is 48.2. The summed E-state index contributed by atoms with van der Waals surface area (Å²) in [7, 11) is 0. The normalized spacial score (nSPS) is 12.0. The van der Waals surface area contributed by atoms with Crippen molar-refractivity contribution < 1.29 is 28.6 Å². The summed E-state index contributed by atoms with van der Waals surface area (Å²) in [6, 6.07) is 0. The monoisotopic (exact) mass is 933 g/mol. The molecule has 392 valence electrons. The average molecular weight is 934 g/mol. The number of rotatable bonds is 54. The minimum atomic E-state index is -0.763. The highest BCUT2D eigenvalue weighted by atomic mass is 16.6. The second kappa shape index (κ2) is 52.8. The zero-order valence-electron chi connectivity index (χ0n) is 45.3. The van der Waals surface area contributed by atoms with Crippen molar-refractivity contribution >= 4 is 17.9 Å². The molecule has 6 heteroatoms. The summed E-state index contributed by atoms with van der Waals surface area (Å²) in [6.07, 6.45) is 56.7. The molecule has 0 aromatic heterocycles. The fourth-order valence-corrected chi connectivity index (χ4v) is 9.23. The van der Waals surface area contributed by atoms with Crippen molar-refractivity contribution in [2.45, 2.75) is 343 Å². The van der Waals surface area contributed by atoms with E-state index in [4.69, 9.17) is 14.2 Å². The highest BCUT2D eigenvalue weighted by Crippen LogP contribution is 2.18. The van der Waals surface area contributed by atoms with Gasteiger partial charge in [0.05, 0.1) is 0 Å². The summed E-state index contributed by atoms with van der Waals surface area (Å²) >= 11 is 0. The fourth-order valence-electron chi connectivity index (χ4n) is 9.23. The van der Waals surface area contributed by atoms with E-state index in [1.165, 1.54) is 225 Å². The molecule has 0 amide bonds. The fraction of sp³-hybridized carbons (Fsp3) is 0.950. The van der Waals surface area contributed by atoms with Gasteiger partial charge in [-0.25, -0.2) is 0 Å². The Bertz CT molecular complexity index is 1010. The number of ether oxygens (including phenoxy) is 3. The maximum atomic E-state index is 12.9. The molecule has 0 aliphatic rings. The molecule has 0 unspecified atom stereocenters. The third kappa shape index (κ3) is 53.4. The van der Waals surface area contributed by atoms with Gasteiger partial charge in [-0.3, -0.25) is 14.4 Å². The zero-order valence-corrected chi connectivity index (χ0v) is 45.3. The van der Waals surface area contributed by atoms with E-state index < -0.39 is 6.10 Å². The minimum absolute atomic E-state index is 0.0627. The van der Waals surface area contributed by atoms with E-state index in [0.717, 1.165) is 69.6 Å². The number of carbonyl (C=O) groups is 3. The van der Waals surface area contributed by atoms with Crippen molar-refractivity contribution in [3.8, 4) is 0 Å². The maximum absolute atomic E-state index is 12.9. The number of unbranched alkanes of at least 4 members (excludes halogenated alkanes) is 39. The van der Waals surface area contributed by atoms with E-state index in [1.54, 1.807) is 0 Å². The topological polar surface area (TPSA) is 78.9 Å². The summed E-state index contributed by atoms with van der Waals surface area (Å²) in [5.74, 6) is 0.823. The molecule has 0 N–H and O–H groups in total. The first kappa shape index (κ1) is 64.4. The van der Waals surface area contributed by atoms with Gasteiger partial charge in [0.25, 0.3) is 0 Å². The molecule has 66 heavy (non-hydrogen) atoms. The SMILES string of the molecule is CCCCCCCCCCCCCCCCCCCC(=O)O[C@@H](COC(=O)CCCCCCCCCCCCCCCCCCC(C)C)COC(=O)CCCCCCCCCCCC(C)C. The Balaban J connectivity index is 4.26. The van der Waals surface area contributed by atoms with Gasteiger partial charge in [0, 0.05) is 19.3 Å². The summed E-state index contributed by atoms with van der Waals surface area (Å²) in [6.45, 7) is 11.4. The Labute approximate surface area is 412 Å². The Morgan fingerprint density at radius 2 is 0.500 bits per heavy atom. The molecule has 0 fully saturated rings. The molecule has 0 bridgehead atoms. The summed E-state index contributed by atoms with van der Waals surface area (Å²) in [4.78, 5) is 38.2. The van der Waals surface area contributed by atoms with Gasteiger partial charge in [0.1, 0.15) is 13.2 Å². The highest BCUT2D eigenvalue weighted by Gasteiger charge is 2.19. The van der Waals surface area contributed by atoms with E-state index in [-0.39, 0.29) is 31.1 Å². The van der Waals surface area contributed by atoms with Crippen molar-refractivity contribution in [1.29, 1.82) is 0 Å². The van der Waals surface area contributed by atoms with E-state index in [9.17, 15) is 14.4 Å². The van der Waals surface area contributed by atoms with Gasteiger partial charge in [-0.15, -0.1) is 0 Å². The van der Waals surface area contributed by atoms with Crippen LogP contribution in [0.15, 0.2) is 0 Å². The maximum Gasteiger partial charge on any atom is 0.306 e. The third-order valence-electron chi connectivity index (χ3n) is 13.7. The summed E-state index contributed by atoms with van der Waals surface area (Å²) < 4.78 is 16.9. The summed E-state index contributed by atoms with van der Waals surface area (Å²) in [5, 5.41) is 0. The molecule has 0 spiro atoms. The third-order valence-corrected chi connectivity index (χ3v) is 13.7. The van der Waals surface area contributed by atoms with Crippen LogP contribution in [0.2, 0.25) is 0 Å². The van der Waals surface area contributed by atoms with Crippen LogP contribution in [0.4, 0.5) is 0 Å². The summed E-state index contributed by atoms with van der Waals surface area (Å²) in [5.41, 5.74) is 0. The van der Waals surface area contributed by atoms with E-state index in [0.29, 0.717) is 19.3 Å². The molecule has 0 heterocycles. The molecule has 0 aliphatic carbocycles. The Kier molecular flexibility index (Phi) is 51.5. The van der Waals surface area contributed by atoms with Crippen LogP contribution >= 0.6 is 0 Å². The van der Waals surface area contributed by atoms with Crippen LogP contribution in [0.1, 0.15) is 336 Å². The van der Waals surface area contributed by atoms with Crippen LogP contribution in [0.3, 0.4) is 0 Å². The molecule has 0 saturated carbocycles. The smallest absolute Gasteiger partial charge is 0.306 e. The Hall–Kier alpha value is -1.59. The molecule has 0 aliphatic heterocycles. The molecular weight excluding hydrogens is 817 g/mol. The van der Waals surface area contributed by atoms with Gasteiger partial charge < -0.3 is 14.2 Å². The lowest BCUT2D eigenvalue weighted by Crippen LogP contribution is -2.30. The first-order valence-electron chi connectivity index (χ1n) is 29.7. The van der Waals surface area contributed by atoms with Crippen molar-refractivity contribution in [3.05, 3.63) is 0 Å². The molecular formula is C60H116O6. The van der Waals surface area contributed by atoms with Gasteiger partial charge >= 0.3 is 17.9 Å². The number of hydrogen-bond donors (Lipinski definition) is 0. The Morgan fingerprint density at radius 1 is 0.288 bits per heavy atom. The number of esters is 3. The average Bonchev–Trinajstić information content (AvgIpc) is 3.29. The van der Waals surface area contributed by atoms with Gasteiger partial charge in [-0.1, -0.05) is 298 Å². The first-order valence-corrected chi connectivity index (χ1v) is 29.7. The number of carbonyl (C=O) groups excluding carboxylic acids is 3. The largest absolute Gasteiger partial charge is 0.462 e. The molecule has 1 atom stereocenters. The van der Waals surface area contributed by atoms with E-state index in [1.807, 2.05) is 0 Å². The molecule has 0 saturated heterocycles. The lowest BCUT2D eigenvalue weighted by molar-refractivity contribution is -0.167. The standard InChI is InChI=1S/C60H116O6/c1-6-7-8-9-10-11-12-13-14-15-20-23-26-31-37-42-47-52-60(63)66-57(54-65-59(62)51-46-41-36-32-27-29-34-39-44-49-56(4)5)53-64-58(61)50-45-40-35-30-25-22-19-17-16-18-21-24-28-33-38-43-48-55(2)3/h55-57H,6-54H2,1-5H3/t57-/m0/s1. The predicted molar refractivity (Wildman–Crippen MR) is 284 cm³/mol. The lowest BCUT2D eigenvalue weighted by Gasteiger charge is -2.18. The van der Waals surface area contributed by atoms with Crippen LogP contribution in [-0.2, 0) is 28.6 Å². The van der Waals surface area contributed by atoms with Crippen LogP contribution in [0.5, 0.6) is 0 Å². The molecule has 0 rings (SSSR count). The van der Waals surface area contributed by atoms with Gasteiger partial charge in [0.2, 0.25) is 0 Å². The van der Waals surface area contributed by atoms with E-state index in [2.05, 4.69) is 34.6 Å². The minimum Gasteiger partial charge on any atom is -0.462 e. The molecule has 0 aromatic rings. The van der Waals surface area contributed by atoms with Crippen molar-refractivity contribution in [3.63, 3.8) is 0 Å². The Morgan fingerprint density at radius 3 is 0.742 bits per heavy atom. The van der Waals surface area contributed by atoms with Gasteiger partial charge in [-0.2, -0.15) is 0 Å². The lowest BCUT2D eigenvalue weighted by atomic mass is 10.0. The van der Waals surface area contributed by atoms with Crippen LogP contribution in [-0.4, -0.2) is 37.2 Å².